The standard InChI is InChI=1S/C23H29N7O2/c1-14(2)30-15(3)26-22-20(30)9-16(12-24-22)19-5-6-29-21(19)13-25-23(28-29)27-17-10-18(11-17)32-8-7-31-4/h5-6,9,12-14,17-18H,7-8,10-11H2,1-4H3,(H,27,28)/t17-,18+. The number of pyridine rings is 1. The Morgan fingerprint density at radius 2 is 2.00 bits per heavy atom. The second-order valence-corrected chi connectivity index (χ2v) is 8.63. The highest BCUT2D eigenvalue weighted by Gasteiger charge is 2.30. The van der Waals surface area contributed by atoms with Gasteiger partial charge in [-0.25, -0.2) is 19.5 Å². The van der Waals surface area contributed by atoms with Crippen molar-refractivity contribution in [3.63, 3.8) is 0 Å². The summed E-state index contributed by atoms with van der Waals surface area (Å²) in [5.74, 6) is 1.60. The summed E-state index contributed by atoms with van der Waals surface area (Å²) in [6.45, 7) is 7.61. The van der Waals surface area contributed by atoms with Gasteiger partial charge in [0.25, 0.3) is 0 Å². The molecule has 0 amide bonds. The number of hydrogen-bond acceptors (Lipinski definition) is 7. The van der Waals surface area contributed by atoms with Crippen LogP contribution in [0.4, 0.5) is 5.95 Å². The van der Waals surface area contributed by atoms with E-state index in [9.17, 15) is 0 Å². The SMILES string of the molecule is COCCO[C@H]1C[C@@H](Nc2ncc3c(-c4cnc5nc(C)n(C(C)C)c5c4)ccn3n2)C1. The van der Waals surface area contributed by atoms with Crippen LogP contribution in [0.1, 0.15) is 38.6 Å². The fraction of sp³-hybridized carbons (Fsp3) is 0.478. The van der Waals surface area contributed by atoms with Gasteiger partial charge < -0.3 is 19.4 Å². The van der Waals surface area contributed by atoms with Crippen LogP contribution in [0.25, 0.3) is 27.8 Å². The quantitative estimate of drug-likeness (QED) is 0.423. The molecule has 0 bridgehead atoms. The first kappa shape index (κ1) is 20.8. The molecule has 4 aromatic rings. The van der Waals surface area contributed by atoms with E-state index in [1.807, 2.05) is 30.0 Å². The fourth-order valence-corrected chi connectivity index (χ4v) is 4.40. The molecule has 1 saturated carbocycles. The lowest BCUT2D eigenvalue weighted by molar-refractivity contribution is -0.0261. The van der Waals surface area contributed by atoms with E-state index in [0.29, 0.717) is 31.2 Å². The second kappa shape index (κ2) is 8.48. The second-order valence-electron chi connectivity index (χ2n) is 8.63. The number of nitrogens with zero attached hydrogens (tertiary/aromatic N) is 6. The van der Waals surface area contributed by atoms with Crippen LogP contribution in [0.5, 0.6) is 0 Å². The van der Waals surface area contributed by atoms with Crippen LogP contribution in [0.3, 0.4) is 0 Å². The molecule has 168 valence electrons. The van der Waals surface area contributed by atoms with Crippen LogP contribution >= 0.6 is 0 Å². The van der Waals surface area contributed by atoms with Gasteiger partial charge >= 0.3 is 0 Å². The number of fused-ring (bicyclic) bond motifs is 2. The monoisotopic (exact) mass is 435 g/mol. The zero-order valence-electron chi connectivity index (χ0n) is 18.9. The summed E-state index contributed by atoms with van der Waals surface area (Å²) in [4.78, 5) is 13.8. The Morgan fingerprint density at radius 3 is 2.78 bits per heavy atom. The lowest BCUT2D eigenvalue weighted by Crippen LogP contribution is -2.41. The van der Waals surface area contributed by atoms with Gasteiger partial charge in [0.2, 0.25) is 5.95 Å². The Balaban J connectivity index is 1.34. The summed E-state index contributed by atoms with van der Waals surface area (Å²) < 4.78 is 14.8. The lowest BCUT2D eigenvalue weighted by atomic mass is 9.89. The maximum atomic E-state index is 5.74. The van der Waals surface area contributed by atoms with Gasteiger partial charge in [0.1, 0.15) is 5.82 Å². The van der Waals surface area contributed by atoms with Crippen LogP contribution in [-0.2, 0) is 9.47 Å². The highest BCUT2D eigenvalue weighted by Crippen LogP contribution is 2.30. The average Bonchev–Trinajstić information content (AvgIpc) is 3.30. The van der Waals surface area contributed by atoms with Crippen molar-refractivity contribution < 1.29 is 9.47 Å². The Morgan fingerprint density at radius 1 is 1.16 bits per heavy atom. The predicted octanol–water partition coefficient (Wildman–Crippen LogP) is 3.64. The third kappa shape index (κ3) is 3.82. The van der Waals surface area contributed by atoms with Crippen molar-refractivity contribution in [2.45, 2.75) is 51.8 Å². The van der Waals surface area contributed by atoms with Crippen molar-refractivity contribution in [2.75, 3.05) is 25.6 Å². The number of imidazole rings is 1. The van der Waals surface area contributed by atoms with Crippen LogP contribution < -0.4 is 5.32 Å². The zero-order valence-corrected chi connectivity index (χ0v) is 18.9. The van der Waals surface area contributed by atoms with Gasteiger partial charge in [0, 0.05) is 42.7 Å². The molecule has 1 aliphatic rings. The van der Waals surface area contributed by atoms with Crippen molar-refractivity contribution in [3.05, 3.63) is 36.5 Å². The first-order chi connectivity index (χ1) is 15.5. The van der Waals surface area contributed by atoms with Crippen molar-refractivity contribution in [1.82, 2.24) is 29.1 Å². The molecule has 0 saturated heterocycles. The summed E-state index contributed by atoms with van der Waals surface area (Å²) in [6, 6.07) is 4.86. The molecule has 9 nitrogen and oxygen atoms in total. The number of hydrogen-bond donors (Lipinski definition) is 1. The molecular weight excluding hydrogens is 406 g/mol. The summed E-state index contributed by atoms with van der Waals surface area (Å²) in [6.07, 6.45) is 7.90. The molecule has 4 aromatic heterocycles. The minimum atomic E-state index is 0.287. The molecule has 1 fully saturated rings. The van der Waals surface area contributed by atoms with E-state index in [2.05, 4.69) is 55.9 Å². The Labute approximate surface area is 186 Å². The predicted molar refractivity (Wildman–Crippen MR) is 123 cm³/mol. The van der Waals surface area contributed by atoms with Gasteiger partial charge in [-0.2, -0.15) is 0 Å². The number of aryl methyl sites for hydroxylation is 1. The number of rotatable bonds is 8. The van der Waals surface area contributed by atoms with E-state index in [4.69, 9.17) is 9.47 Å². The summed E-state index contributed by atoms with van der Waals surface area (Å²) in [5, 5.41) is 8.06. The summed E-state index contributed by atoms with van der Waals surface area (Å²) in [5.41, 5.74) is 4.84. The maximum absolute atomic E-state index is 5.74. The van der Waals surface area contributed by atoms with Gasteiger partial charge in [-0.3, -0.25) is 0 Å². The number of ether oxygens (including phenoxy) is 2. The molecule has 0 aromatic carbocycles. The maximum Gasteiger partial charge on any atom is 0.241 e. The van der Waals surface area contributed by atoms with E-state index in [-0.39, 0.29) is 6.10 Å². The van der Waals surface area contributed by atoms with E-state index in [1.54, 1.807) is 7.11 Å². The van der Waals surface area contributed by atoms with Crippen LogP contribution in [0, 0.1) is 6.92 Å². The number of methoxy groups -OCH3 is 1. The van der Waals surface area contributed by atoms with E-state index in [1.165, 1.54) is 0 Å². The van der Waals surface area contributed by atoms with E-state index in [0.717, 1.165) is 46.5 Å². The molecule has 9 heteroatoms. The van der Waals surface area contributed by atoms with Crippen LogP contribution in [0.2, 0.25) is 0 Å². The summed E-state index contributed by atoms with van der Waals surface area (Å²) >= 11 is 0. The van der Waals surface area contributed by atoms with Crippen LogP contribution in [0.15, 0.2) is 30.7 Å². The first-order valence-corrected chi connectivity index (χ1v) is 11.1. The molecule has 1 aliphatic carbocycles. The van der Waals surface area contributed by atoms with Gasteiger partial charge in [-0.05, 0) is 45.7 Å². The molecule has 0 unspecified atom stereocenters. The topological polar surface area (TPSA) is 91.4 Å². The third-order valence-electron chi connectivity index (χ3n) is 6.04. The van der Waals surface area contributed by atoms with Crippen molar-refractivity contribution in [3.8, 4) is 11.1 Å². The van der Waals surface area contributed by atoms with Crippen molar-refractivity contribution >= 4 is 22.6 Å². The van der Waals surface area contributed by atoms with Crippen LogP contribution in [-0.4, -0.2) is 61.6 Å². The van der Waals surface area contributed by atoms with Gasteiger partial charge in [-0.1, -0.05) is 0 Å². The molecule has 5 rings (SSSR count). The number of nitrogens with one attached hydrogen (secondary N) is 1. The smallest absolute Gasteiger partial charge is 0.241 e. The third-order valence-corrected chi connectivity index (χ3v) is 6.04. The minimum Gasteiger partial charge on any atom is -0.382 e. The largest absolute Gasteiger partial charge is 0.382 e. The van der Waals surface area contributed by atoms with E-state index < -0.39 is 0 Å². The molecular formula is C23H29N7O2. The highest BCUT2D eigenvalue weighted by atomic mass is 16.5. The van der Waals surface area contributed by atoms with E-state index >= 15 is 0 Å². The highest BCUT2D eigenvalue weighted by molar-refractivity contribution is 5.85. The zero-order chi connectivity index (χ0) is 22.2. The molecule has 0 atom stereocenters. The number of anilines is 1. The van der Waals surface area contributed by atoms with Gasteiger partial charge in [0.05, 0.1) is 36.5 Å². The molecule has 4 heterocycles. The Kier molecular flexibility index (Phi) is 5.52. The molecule has 0 spiro atoms. The van der Waals surface area contributed by atoms with Gasteiger partial charge in [-0.15, -0.1) is 5.10 Å². The molecule has 32 heavy (non-hydrogen) atoms. The lowest BCUT2D eigenvalue weighted by Gasteiger charge is -2.35. The van der Waals surface area contributed by atoms with Gasteiger partial charge in [0.15, 0.2) is 5.65 Å². The number of aromatic nitrogens is 6. The Bertz CT molecular complexity index is 1240. The normalized spacial score (nSPS) is 18.5. The molecule has 0 aliphatic heterocycles. The van der Waals surface area contributed by atoms with Crippen molar-refractivity contribution in [1.29, 1.82) is 0 Å². The average molecular weight is 436 g/mol. The summed E-state index contributed by atoms with van der Waals surface area (Å²) in [7, 11) is 1.69. The molecule has 0 radical (unpaired) electrons. The Hall–Kier alpha value is -3.04. The fourth-order valence-electron chi connectivity index (χ4n) is 4.40. The van der Waals surface area contributed by atoms with Crippen molar-refractivity contribution in [2.24, 2.45) is 0 Å². The minimum absolute atomic E-state index is 0.287. The first-order valence-electron chi connectivity index (χ1n) is 11.1. The molecule has 1 N–H and O–H groups in total.